The second-order valence-corrected chi connectivity index (χ2v) is 6.25. The first-order valence-electron chi connectivity index (χ1n) is 8.33. The molecule has 0 aromatic heterocycles. The first kappa shape index (κ1) is 22.8. The zero-order valence-electron chi connectivity index (χ0n) is 14.9. The molecule has 1 aromatic rings. The summed E-state index contributed by atoms with van der Waals surface area (Å²) in [5, 5.41) is 5.81. The second-order valence-electron chi connectivity index (χ2n) is 6.25. The molecule has 0 saturated carbocycles. The van der Waals surface area contributed by atoms with Gasteiger partial charge in [-0.3, -0.25) is 4.99 Å². The number of piperidine rings is 1. The average Bonchev–Trinajstić information content (AvgIpc) is 2.55. The SMILES string of the molecule is CN=C(NCCC(F)(F)F)NC1CCCN(c2cc(C)ccc2F)C1.I. The number of hydrogen-bond donors (Lipinski definition) is 2. The van der Waals surface area contributed by atoms with Crippen LogP contribution in [0, 0.1) is 12.7 Å². The first-order chi connectivity index (χ1) is 11.8. The van der Waals surface area contributed by atoms with Gasteiger partial charge >= 0.3 is 6.18 Å². The Labute approximate surface area is 168 Å². The molecule has 1 aliphatic rings. The Morgan fingerprint density at radius 1 is 1.35 bits per heavy atom. The first-order valence-corrected chi connectivity index (χ1v) is 8.33. The van der Waals surface area contributed by atoms with Gasteiger partial charge in [0, 0.05) is 32.7 Å². The van der Waals surface area contributed by atoms with Crippen molar-refractivity contribution in [2.45, 2.75) is 38.4 Å². The number of halogens is 5. The van der Waals surface area contributed by atoms with Gasteiger partial charge in [0.1, 0.15) is 5.82 Å². The number of aliphatic imine (C=N–C) groups is 1. The lowest BCUT2D eigenvalue weighted by Crippen LogP contribution is -2.51. The van der Waals surface area contributed by atoms with Crippen LogP contribution in [0.4, 0.5) is 23.2 Å². The molecule has 0 aliphatic carbocycles. The Morgan fingerprint density at radius 2 is 2.08 bits per heavy atom. The van der Waals surface area contributed by atoms with Crippen molar-refractivity contribution in [3.05, 3.63) is 29.6 Å². The second kappa shape index (κ2) is 10.2. The summed E-state index contributed by atoms with van der Waals surface area (Å²) in [7, 11) is 1.52. The molecule has 9 heteroatoms. The molecule has 4 nitrogen and oxygen atoms in total. The van der Waals surface area contributed by atoms with Crippen molar-refractivity contribution in [3.63, 3.8) is 0 Å². The minimum absolute atomic E-state index is 0. The van der Waals surface area contributed by atoms with Crippen LogP contribution < -0.4 is 15.5 Å². The Bertz CT molecular complexity index is 607. The number of hydrogen-bond acceptors (Lipinski definition) is 2. The largest absolute Gasteiger partial charge is 0.390 e. The number of benzene rings is 1. The van der Waals surface area contributed by atoms with Gasteiger partial charge < -0.3 is 15.5 Å². The van der Waals surface area contributed by atoms with Gasteiger partial charge in [-0.2, -0.15) is 13.2 Å². The van der Waals surface area contributed by atoms with Crippen molar-refractivity contribution in [1.82, 2.24) is 10.6 Å². The van der Waals surface area contributed by atoms with Crippen LogP contribution in [-0.4, -0.2) is 44.9 Å². The summed E-state index contributed by atoms with van der Waals surface area (Å²) in [6.45, 7) is 3.00. The van der Waals surface area contributed by atoms with E-state index in [0.29, 0.717) is 18.2 Å². The fourth-order valence-corrected chi connectivity index (χ4v) is 2.89. The number of nitrogens with one attached hydrogen (secondary N) is 2. The summed E-state index contributed by atoms with van der Waals surface area (Å²) in [6, 6.07) is 4.99. The fraction of sp³-hybridized carbons (Fsp3) is 0.588. The lowest BCUT2D eigenvalue weighted by atomic mass is 10.0. The van der Waals surface area contributed by atoms with Crippen LogP contribution in [0.5, 0.6) is 0 Å². The van der Waals surface area contributed by atoms with E-state index in [1.165, 1.54) is 13.1 Å². The topological polar surface area (TPSA) is 39.7 Å². The third kappa shape index (κ3) is 7.16. The molecule has 1 saturated heterocycles. The van der Waals surface area contributed by atoms with Gasteiger partial charge in [-0.05, 0) is 37.5 Å². The molecule has 2 rings (SSSR count). The number of rotatable bonds is 4. The van der Waals surface area contributed by atoms with E-state index < -0.39 is 12.6 Å². The van der Waals surface area contributed by atoms with E-state index in [4.69, 9.17) is 0 Å². The Hall–Kier alpha value is -1.26. The molecule has 2 N–H and O–H groups in total. The maximum atomic E-state index is 14.1. The molecule has 1 atom stereocenters. The summed E-state index contributed by atoms with van der Waals surface area (Å²) >= 11 is 0. The monoisotopic (exact) mass is 488 g/mol. The predicted molar refractivity (Wildman–Crippen MR) is 107 cm³/mol. The summed E-state index contributed by atoms with van der Waals surface area (Å²) in [5.41, 5.74) is 1.54. The van der Waals surface area contributed by atoms with E-state index in [1.807, 2.05) is 17.9 Å². The summed E-state index contributed by atoms with van der Waals surface area (Å²) in [6.07, 6.45) is -3.40. The Kier molecular flexibility index (Phi) is 8.91. The van der Waals surface area contributed by atoms with E-state index in [1.54, 1.807) is 6.07 Å². The van der Waals surface area contributed by atoms with Crippen LogP contribution in [0.15, 0.2) is 23.2 Å². The van der Waals surface area contributed by atoms with E-state index in [9.17, 15) is 17.6 Å². The molecule has 1 unspecified atom stereocenters. The molecule has 1 heterocycles. The van der Waals surface area contributed by atoms with Gasteiger partial charge in [-0.1, -0.05) is 6.07 Å². The van der Waals surface area contributed by atoms with Crippen molar-refractivity contribution in [3.8, 4) is 0 Å². The van der Waals surface area contributed by atoms with Crippen LogP contribution in [0.2, 0.25) is 0 Å². The number of alkyl halides is 3. The van der Waals surface area contributed by atoms with Gasteiger partial charge in [0.25, 0.3) is 0 Å². The molecule has 148 valence electrons. The average molecular weight is 488 g/mol. The number of nitrogens with zero attached hydrogens (tertiary/aromatic N) is 2. The lowest BCUT2D eigenvalue weighted by Gasteiger charge is -2.35. The van der Waals surface area contributed by atoms with Crippen LogP contribution >= 0.6 is 24.0 Å². The van der Waals surface area contributed by atoms with E-state index >= 15 is 0 Å². The smallest absolute Gasteiger partial charge is 0.367 e. The highest BCUT2D eigenvalue weighted by molar-refractivity contribution is 14.0. The van der Waals surface area contributed by atoms with Gasteiger partial charge in [0.05, 0.1) is 12.1 Å². The van der Waals surface area contributed by atoms with Gasteiger partial charge in [-0.15, -0.1) is 24.0 Å². The highest BCUT2D eigenvalue weighted by Crippen LogP contribution is 2.24. The van der Waals surface area contributed by atoms with Crippen molar-refractivity contribution in [1.29, 1.82) is 0 Å². The number of aryl methyl sites for hydroxylation is 1. The zero-order valence-corrected chi connectivity index (χ0v) is 17.2. The number of anilines is 1. The molecule has 0 radical (unpaired) electrons. The van der Waals surface area contributed by atoms with Crippen molar-refractivity contribution < 1.29 is 17.6 Å². The minimum atomic E-state index is -4.20. The molecule has 0 amide bonds. The number of guanidine groups is 1. The van der Waals surface area contributed by atoms with E-state index in [-0.39, 0.29) is 42.4 Å². The van der Waals surface area contributed by atoms with Gasteiger partial charge in [0.15, 0.2) is 5.96 Å². The quantitative estimate of drug-likeness (QED) is 0.293. The highest BCUT2D eigenvalue weighted by atomic mass is 127. The Balaban J connectivity index is 0.00000338. The van der Waals surface area contributed by atoms with Gasteiger partial charge in [-0.25, -0.2) is 4.39 Å². The van der Waals surface area contributed by atoms with Crippen molar-refractivity contribution in [2.75, 3.05) is 31.6 Å². The molecule has 0 spiro atoms. The standard InChI is InChI=1S/C17H24F4N4.HI/c1-12-5-6-14(18)15(10-12)25-9-3-4-13(11-25)24-16(22-2)23-8-7-17(19,20)21;/h5-6,10,13H,3-4,7-9,11H2,1-2H3,(H2,22,23,24);1H. The maximum absolute atomic E-state index is 14.1. The van der Waals surface area contributed by atoms with E-state index in [0.717, 1.165) is 24.9 Å². The van der Waals surface area contributed by atoms with Crippen LogP contribution in [0.3, 0.4) is 0 Å². The summed E-state index contributed by atoms with van der Waals surface area (Å²) < 4.78 is 50.8. The van der Waals surface area contributed by atoms with Crippen molar-refractivity contribution in [2.24, 2.45) is 4.99 Å². The molecule has 1 fully saturated rings. The van der Waals surface area contributed by atoms with Crippen molar-refractivity contribution >= 4 is 35.6 Å². The zero-order chi connectivity index (χ0) is 18.4. The van der Waals surface area contributed by atoms with Crippen LogP contribution in [0.25, 0.3) is 0 Å². The maximum Gasteiger partial charge on any atom is 0.390 e. The van der Waals surface area contributed by atoms with Crippen LogP contribution in [-0.2, 0) is 0 Å². The minimum Gasteiger partial charge on any atom is -0.367 e. The molecular weight excluding hydrogens is 463 g/mol. The summed E-state index contributed by atoms with van der Waals surface area (Å²) in [4.78, 5) is 5.93. The van der Waals surface area contributed by atoms with Crippen LogP contribution in [0.1, 0.15) is 24.8 Å². The predicted octanol–water partition coefficient (Wildman–Crippen LogP) is 3.84. The van der Waals surface area contributed by atoms with E-state index in [2.05, 4.69) is 15.6 Å². The normalized spacial score (nSPS) is 18.3. The third-order valence-corrected chi connectivity index (χ3v) is 4.13. The molecule has 1 aliphatic heterocycles. The lowest BCUT2D eigenvalue weighted by molar-refractivity contribution is -0.132. The molecule has 1 aromatic carbocycles. The fourth-order valence-electron chi connectivity index (χ4n) is 2.89. The highest BCUT2D eigenvalue weighted by Gasteiger charge is 2.27. The molecule has 0 bridgehead atoms. The molecule has 26 heavy (non-hydrogen) atoms. The Morgan fingerprint density at radius 3 is 2.73 bits per heavy atom. The summed E-state index contributed by atoms with van der Waals surface area (Å²) in [5.74, 6) is 0.0692. The van der Waals surface area contributed by atoms with Gasteiger partial charge in [0.2, 0.25) is 0 Å². The third-order valence-electron chi connectivity index (χ3n) is 4.13. The molecular formula is C17H25F4IN4.